The summed E-state index contributed by atoms with van der Waals surface area (Å²) in [6.45, 7) is 5.64. The fourth-order valence-electron chi connectivity index (χ4n) is 1.70. The zero-order valence-corrected chi connectivity index (χ0v) is 13.0. The molecule has 0 aliphatic carbocycles. The summed E-state index contributed by atoms with van der Waals surface area (Å²) in [5, 5.41) is 4.34. The van der Waals surface area contributed by atoms with Crippen molar-refractivity contribution in [2.75, 3.05) is 20.2 Å². The Morgan fingerprint density at radius 2 is 2.22 bits per heavy atom. The summed E-state index contributed by atoms with van der Waals surface area (Å²) in [7, 11) is 3.90. The van der Waals surface area contributed by atoms with Gasteiger partial charge in [-0.05, 0) is 36.8 Å². The second-order valence-corrected chi connectivity index (χ2v) is 5.06. The van der Waals surface area contributed by atoms with E-state index >= 15 is 0 Å². The first-order valence-electron chi connectivity index (χ1n) is 5.97. The minimum atomic E-state index is -0.149. The number of esters is 1. The highest BCUT2D eigenvalue weighted by Gasteiger charge is 2.13. The van der Waals surface area contributed by atoms with Gasteiger partial charge in [-0.1, -0.05) is 0 Å². The molecule has 0 N–H and O–H groups in total. The predicted octanol–water partition coefficient (Wildman–Crippen LogP) is 1.88. The Balaban J connectivity index is 2.49. The van der Waals surface area contributed by atoms with Crippen LogP contribution in [0.15, 0.2) is 4.47 Å². The van der Waals surface area contributed by atoms with Crippen LogP contribution in [0.4, 0.5) is 0 Å². The Kier molecular flexibility index (Phi) is 5.81. The molecule has 0 saturated heterocycles. The van der Waals surface area contributed by atoms with E-state index in [2.05, 4.69) is 25.9 Å². The van der Waals surface area contributed by atoms with E-state index in [1.807, 2.05) is 32.6 Å². The first kappa shape index (κ1) is 15.2. The molecule has 0 aromatic carbocycles. The fraction of sp³-hybridized carbons (Fsp3) is 0.667. The van der Waals surface area contributed by atoms with Crippen molar-refractivity contribution < 1.29 is 9.53 Å². The summed E-state index contributed by atoms with van der Waals surface area (Å²) in [4.78, 5) is 13.3. The van der Waals surface area contributed by atoms with Crippen LogP contribution in [-0.2, 0) is 23.1 Å². The number of ether oxygens (including phenoxy) is 1. The zero-order valence-electron chi connectivity index (χ0n) is 11.4. The van der Waals surface area contributed by atoms with Crippen LogP contribution >= 0.6 is 15.9 Å². The molecule has 1 heterocycles. The van der Waals surface area contributed by atoms with E-state index in [4.69, 9.17) is 4.74 Å². The van der Waals surface area contributed by atoms with Gasteiger partial charge in [-0.15, -0.1) is 0 Å². The third-order valence-corrected chi connectivity index (χ3v) is 3.72. The first-order valence-corrected chi connectivity index (χ1v) is 6.77. The average molecular weight is 318 g/mol. The van der Waals surface area contributed by atoms with Crippen LogP contribution in [0.5, 0.6) is 0 Å². The van der Waals surface area contributed by atoms with Crippen molar-refractivity contribution in [1.29, 1.82) is 0 Å². The van der Waals surface area contributed by atoms with Crippen molar-refractivity contribution in [2.24, 2.45) is 7.05 Å². The third kappa shape index (κ3) is 4.10. The maximum atomic E-state index is 11.3. The van der Waals surface area contributed by atoms with Crippen LogP contribution in [0, 0.1) is 6.92 Å². The van der Waals surface area contributed by atoms with Gasteiger partial charge < -0.3 is 4.74 Å². The molecule has 5 nitrogen and oxygen atoms in total. The lowest BCUT2D eigenvalue weighted by Crippen LogP contribution is -2.23. The number of carbonyl (C=O) groups is 1. The standard InChI is InChI=1S/C12H20BrN3O2/c1-5-18-11(17)6-7-15(3)8-10-12(13)9(2)14-16(10)4/h5-8H2,1-4H3. The first-order chi connectivity index (χ1) is 8.45. The number of hydrogen-bond donors (Lipinski definition) is 0. The average Bonchev–Trinajstić information content (AvgIpc) is 2.54. The van der Waals surface area contributed by atoms with Gasteiger partial charge in [0.05, 0.1) is 28.9 Å². The van der Waals surface area contributed by atoms with Gasteiger partial charge in [0.1, 0.15) is 0 Å². The molecule has 1 aromatic heterocycles. The third-order valence-electron chi connectivity index (χ3n) is 2.68. The number of nitrogens with zero attached hydrogens (tertiary/aromatic N) is 3. The van der Waals surface area contributed by atoms with E-state index in [1.54, 1.807) is 0 Å². The lowest BCUT2D eigenvalue weighted by molar-refractivity contribution is -0.143. The highest BCUT2D eigenvalue weighted by molar-refractivity contribution is 9.10. The maximum absolute atomic E-state index is 11.3. The molecule has 0 unspecified atom stereocenters. The number of rotatable bonds is 6. The van der Waals surface area contributed by atoms with Crippen LogP contribution in [-0.4, -0.2) is 40.8 Å². The Morgan fingerprint density at radius 1 is 1.56 bits per heavy atom. The number of aromatic nitrogens is 2. The zero-order chi connectivity index (χ0) is 13.7. The van der Waals surface area contributed by atoms with E-state index in [9.17, 15) is 4.79 Å². The number of hydrogen-bond acceptors (Lipinski definition) is 4. The van der Waals surface area contributed by atoms with Gasteiger partial charge in [0.15, 0.2) is 0 Å². The van der Waals surface area contributed by atoms with E-state index in [1.165, 1.54) is 0 Å². The Labute approximate surface area is 116 Å². The van der Waals surface area contributed by atoms with E-state index in [0.29, 0.717) is 19.6 Å². The topological polar surface area (TPSA) is 47.4 Å². The van der Waals surface area contributed by atoms with E-state index in [-0.39, 0.29) is 5.97 Å². The van der Waals surface area contributed by atoms with Gasteiger partial charge in [0.2, 0.25) is 0 Å². The molecule has 0 aliphatic heterocycles. The Bertz CT molecular complexity index is 418. The molecule has 0 atom stereocenters. The second kappa shape index (κ2) is 6.89. The molecular weight excluding hydrogens is 298 g/mol. The molecule has 18 heavy (non-hydrogen) atoms. The molecular formula is C12H20BrN3O2. The van der Waals surface area contributed by atoms with Crippen LogP contribution in [0.3, 0.4) is 0 Å². The summed E-state index contributed by atoms with van der Waals surface area (Å²) in [5.74, 6) is -0.149. The molecule has 1 rings (SSSR count). The molecule has 6 heteroatoms. The Morgan fingerprint density at radius 3 is 2.72 bits per heavy atom. The van der Waals surface area contributed by atoms with Gasteiger partial charge in [0, 0.05) is 20.1 Å². The predicted molar refractivity (Wildman–Crippen MR) is 73.2 cm³/mol. The molecule has 1 aromatic rings. The summed E-state index contributed by atoms with van der Waals surface area (Å²) < 4.78 is 7.80. The fourth-order valence-corrected chi connectivity index (χ4v) is 2.16. The lowest BCUT2D eigenvalue weighted by atomic mass is 10.3. The van der Waals surface area contributed by atoms with Crippen LogP contribution in [0.25, 0.3) is 0 Å². The molecule has 0 bridgehead atoms. The number of carbonyl (C=O) groups excluding carboxylic acids is 1. The molecule has 0 spiro atoms. The van der Waals surface area contributed by atoms with Gasteiger partial charge >= 0.3 is 5.97 Å². The van der Waals surface area contributed by atoms with Gasteiger partial charge in [-0.3, -0.25) is 14.4 Å². The molecule has 0 radical (unpaired) electrons. The van der Waals surface area contributed by atoms with Gasteiger partial charge in [0.25, 0.3) is 0 Å². The highest BCUT2D eigenvalue weighted by atomic mass is 79.9. The quantitative estimate of drug-likeness (QED) is 0.752. The van der Waals surface area contributed by atoms with E-state index in [0.717, 1.165) is 22.4 Å². The second-order valence-electron chi connectivity index (χ2n) is 4.26. The summed E-state index contributed by atoms with van der Waals surface area (Å²) in [6, 6.07) is 0. The smallest absolute Gasteiger partial charge is 0.307 e. The lowest BCUT2D eigenvalue weighted by Gasteiger charge is -2.16. The SMILES string of the molecule is CCOC(=O)CCN(C)Cc1c(Br)c(C)nn1C. The van der Waals surface area contributed by atoms with Crippen molar-refractivity contribution >= 4 is 21.9 Å². The van der Waals surface area contributed by atoms with Crippen LogP contribution in [0.1, 0.15) is 24.7 Å². The molecule has 0 saturated carbocycles. The van der Waals surface area contributed by atoms with E-state index < -0.39 is 0 Å². The Hall–Kier alpha value is -0.880. The van der Waals surface area contributed by atoms with Crippen molar-refractivity contribution in [3.63, 3.8) is 0 Å². The van der Waals surface area contributed by atoms with Crippen molar-refractivity contribution in [2.45, 2.75) is 26.8 Å². The summed E-state index contributed by atoms with van der Waals surface area (Å²) in [5.41, 5.74) is 2.09. The summed E-state index contributed by atoms with van der Waals surface area (Å²) >= 11 is 3.53. The number of halogens is 1. The monoisotopic (exact) mass is 317 g/mol. The maximum Gasteiger partial charge on any atom is 0.307 e. The van der Waals surface area contributed by atoms with Crippen molar-refractivity contribution in [3.8, 4) is 0 Å². The normalized spacial score (nSPS) is 11.0. The van der Waals surface area contributed by atoms with Crippen LogP contribution < -0.4 is 0 Å². The van der Waals surface area contributed by atoms with Crippen molar-refractivity contribution in [1.82, 2.24) is 14.7 Å². The van der Waals surface area contributed by atoms with Crippen molar-refractivity contribution in [3.05, 3.63) is 15.9 Å². The molecule has 102 valence electrons. The van der Waals surface area contributed by atoms with Crippen LogP contribution in [0.2, 0.25) is 0 Å². The number of aryl methyl sites for hydroxylation is 2. The highest BCUT2D eigenvalue weighted by Crippen LogP contribution is 2.21. The largest absolute Gasteiger partial charge is 0.466 e. The molecule has 0 aliphatic rings. The van der Waals surface area contributed by atoms with Gasteiger partial charge in [-0.2, -0.15) is 5.10 Å². The van der Waals surface area contributed by atoms with Gasteiger partial charge in [-0.25, -0.2) is 0 Å². The molecule has 0 fully saturated rings. The molecule has 0 amide bonds. The summed E-state index contributed by atoms with van der Waals surface area (Å²) in [6.07, 6.45) is 0.415. The minimum Gasteiger partial charge on any atom is -0.466 e. The minimum absolute atomic E-state index is 0.149.